The number of methoxy groups -OCH3 is 1. The molecule has 1 aromatic heterocycles. The highest BCUT2D eigenvalue weighted by molar-refractivity contribution is 4.93. The van der Waals surface area contributed by atoms with E-state index in [1.54, 1.807) is 7.11 Å². The molecule has 1 heterocycles. The van der Waals surface area contributed by atoms with Gasteiger partial charge in [-0.05, 0) is 25.2 Å². The molecule has 0 radical (unpaired) electrons. The first-order valence-corrected chi connectivity index (χ1v) is 7.28. The van der Waals surface area contributed by atoms with Crippen molar-refractivity contribution in [3.05, 3.63) is 11.7 Å². The normalized spacial score (nSPS) is 19.7. The van der Waals surface area contributed by atoms with Gasteiger partial charge in [-0.1, -0.05) is 31.3 Å². The third-order valence-corrected chi connectivity index (χ3v) is 3.93. The zero-order valence-electron chi connectivity index (χ0n) is 11.8. The van der Waals surface area contributed by atoms with Crippen LogP contribution in [0.25, 0.3) is 0 Å². The Kier molecular flexibility index (Phi) is 5.34. The first-order chi connectivity index (χ1) is 9.24. The van der Waals surface area contributed by atoms with Crippen LogP contribution in [0.5, 0.6) is 0 Å². The number of rotatable bonds is 7. The van der Waals surface area contributed by atoms with Crippen molar-refractivity contribution in [2.24, 2.45) is 5.92 Å². The molecular formula is C14H24N2O3. The Balaban J connectivity index is 1.92. The third kappa shape index (κ3) is 3.76. The van der Waals surface area contributed by atoms with Gasteiger partial charge < -0.3 is 14.4 Å². The fourth-order valence-corrected chi connectivity index (χ4v) is 2.78. The smallest absolute Gasteiger partial charge is 0.229 e. The van der Waals surface area contributed by atoms with Crippen molar-refractivity contribution < 1.29 is 14.4 Å². The van der Waals surface area contributed by atoms with Crippen LogP contribution in [0, 0.1) is 5.92 Å². The number of aliphatic hydroxyl groups excluding tert-OH is 1. The first kappa shape index (κ1) is 14.5. The van der Waals surface area contributed by atoms with Crippen molar-refractivity contribution in [2.45, 2.75) is 64.1 Å². The van der Waals surface area contributed by atoms with Crippen molar-refractivity contribution in [3.63, 3.8) is 0 Å². The molecule has 1 fully saturated rings. The summed E-state index contributed by atoms with van der Waals surface area (Å²) in [7, 11) is 1.66. The maximum absolute atomic E-state index is 10.2. The van der Waals surface area contributed by atoms with Gasteiger partial charge in [0.25, 0.3) is 0 Å². The summed E-state index contributed by atoms with van der Waals surface area (Å²) in [5.41, 5.74) is 0. The minimum Gasteiger partial charge on any atom is -0.392 e. The van der Waals surface area contributed by atoms with Crippen LogP contribution in [-0.2, 0) is 11.2 Å². The molecule has 108 valence electrons. The second kappa shape index (κ2) is 7.01. The van der Waals surface area contributed by atoms with Gasteiger partial charge in [0.05, 0.1) is 12.5 Å². The van der Waals surface area contributed by atoms with Gasteiger partial charge in [0.2, 0.25) is 11.7 Å². The highest BCUT2D eigenvalue weighted by Gasteiger charge is 2.26. The largest absolute Gasteiger partial charge is 0.392 e. The molecule has 0 aromatic carbocycles. The van der Waals surface area contributed by atoms with Gasteiger partial charge >= 0.3 is 0 Å². The minimum atomic E-state index is -0.358. The van der Waals surface area contributed by atoms with Crippen LogP contribution in [0.3, 0.4) is 0 Å². The van der Waals surface area contributed by atoms with E-state index in [2.05, 4.69) is 17.1 Å². The van der Waals surface area contributed by atoms with E-state index >= 15 is 0 Å². The summed E-state index contributed by atoms with van der Waals surface area (Å²) in [6.07, 6.45) is 6.54. The lowest BCUT2D eigenvalue weighted by molar-refractivity contribution is 0.0853. The zero-order chi connectivity index (χ0) is 13.7. The van der Waals surface area contributed by atoms with Gasteiger partial charge in [-0.25, -0.2) is 0 Å². The molecule has 5 nitrogen and oxygen atoms in total. The minimum absolute atomic E-state index is 0.105. The predicted octanol–water partition coefficient (Wildman–Crippen LogP) is 2.65. The van der Waals surface area contributed by atoms with E-state index < -0.39 is 0 Å². The van der Waals surface area contributed by atoms with Crippen molar-refractivity contribution in [1.29, 1.82) is 0 Å². The third-order valence-electron chi connectivity index (χ3n) is 3.93. The van der Waals surface area contributed by atoms with E-state index in [4.69, 9.17) is 9.26 Å². The number of hydrogen-bond acceptors (Lipinski definition) is 5. The van der Waals surface area contributed by atoms with Crippen LogP contribution in [0.4, 0.5) is 0 Å². The molecule has 0 aliphatic heterocycles. The second-order valence-corrected chi connectivity index (χ2v) is 5.38. The molecule has 1 N–H and O–H groups in total. The van der Waals surface area contributed by atoms with Crippen LogP contribution in [0.1, 0.15) is 63.3 Å². The molecule has 5 heteroatoms. The van der Waals surface area contributed by atoms with E-state index in [0.717, 1.165) is 25.7 Å². The number of ether oxygens (including phenoxy) is 1. The van der Waals surface area contributed by atoms with Crippen LogP contribution < -0.4 is 0 Å². The lowest BCUT2D eigenvalue weighted by atomic mass is 9.98. The summed E-state index contributed by atoms with van der Waals surface area (Å²) < 4.78 is 10.6. The lowest BCUT2D eigenvalue weighted by Gasteiger charge is -2.15. The van der Waals surface area contributed by atoms with Crippen LogP contribution in [-0.4, -0.2) is 28.5 Å². The Bertz CT molecular complexity index is 375. The van der Waals surface area contributed by atoms with E-state index in [1.165, 1.54) is 12.8 Å². The molecule has 1 saturated carbocycles. The van der Waals surface area contributed by atoms with Crippen molar-refractivity contribution in [2.75, 3.05) is 7.11 Å². The Morgan fingerprint density at radius 2 is 2.16 bits per heavy atom. The van der Waals surface area contributed by atoms with E-state index in [1.807, 2.05) is 0 Å². The molecule has 2 rings (SSSR count). The van der Waals surface area contributed by atoms with Crippen molar-refractivity contribution in [3.8, 4) is 0 Å². The molecule has 2 atom stereocenters. The van der Waals surface area contributed by atoms with Crippen LogP contribution in [0.15, 0.2) is 4.52 Å². The van der Waals surface area contributed by atoms with Crippen LogP contribution in [0.2, 0.25) is 0 Å². The molecule has 1 aliphatic carbocycles. The van der Waals surface area contributed by atoms with E-state index in [9.17, 15) is 5.11 Å². The fourth-order valence-electron chi connectivity index (χ4n) is 2.78. The van der Waals surface area contributed by atoms with Gasteiger partial charge in [0.15, 0.2) is 0 Å². The van der Waals surface area contributed by atoms with E-state index in [0.29, 0.717) is 24.1 Å². The topological polar surface area (TPSA) is 68.4 Å². The fraction of sp³-hybridized carbons (Fsp3) is 0.857. The molecule has 1 aromatic rings. The molecule has 0 spiro atoms. The van der Waals surface area contributed by atoms with Gasteiger partial charge in [-0.2, -0.15) is 4.98 Å². The average Bonchev–Trinajstić information content (AvgIpc) is 3.06. The lowest BCUT2D eigenvalue weighted by Crippen LogP contribution is -2.20. The molecule has 1 aliphatic rings. The van der Waals surface area contributed by atoms with E-state index in [-0.39, 0.29) is 12.2 Å². The summed E-state index contributed by atoms with van der Waals surface area (Å²) in [5, 5.41) is 14.1. The summed E-state index contributed by atoms with van der Waals surface area (Å²) in [6.45, 7) is 2.09. The highest BCUT2D eigenvalue weighted by atomic mass is 16.5. The van der Waals surface area contributed by atoms with Gasteiger partial charge in [-0.15, -0.1) is 0 Å². The average molecular weight is 268 g/mol. The summed E-state index contributed by atoms with van der Waals surface area (Å²) in [4.78, 5) is 4.35. The van der Waals surface area contributed by atoms with Crippen molar-refractivity contribution >= 4 is 0 Å². The van der Waals surface area contributed by atoms with Gasteiger partial charge in [-0.3, -0.25) is 0 Å². The Labute approximate surface area is 114 Å². The molecule has 0 amide bonds. The van der Waals surface area contributed by atoms with Gasteiger partial charge in [0.1, 0.15) is 6.10 Å². The number of nitrogens with zero attached hydrogens (tertiary/aromatic N) is 2. The second-order valence-electron chi connectivity index (χ2n) is 5.38. The molecule has 19 heavy (non-hydrogen) atoms. The SMILES string of the molecule is CCCC(OC)c1noc(CC(O)C2CCCC2)n1. The number of aliphatic hydroxyl groups is 1. The standard InChI is InChI=1S/C14H24N2O3/c1-3-6-12(18-2)14-15-13(19-16-14)9-11(17)10-7-4-5-8-10/h10-12,17H,3-9H2,1-2H3. The zero-order valence-corrected chi connectivity index (χ0v) is 11.8. The molecule has 0 saturated heterocycles. The first-order valence-electron chi connectivity index (χ1n) is 7.28. The van der Waals surface area contributed by atoms with Gasteiger partial charge in [0, 0.05) is 7.11 Å². The van der Waals surface area contributed by atoms with Crippen LogP contribution >= 0.6 is 0 Å². The maximum atomic E-state index is 10.2. The molecule has 2 unspecified atom stereocenters. The predicted molar refractivity (Wildman–Crippen MR) is 70.6 cm³/mol. The monoisotopic (exact) mass is 268 g/mol. The Morgan fingerprint density at radius 1 is 1.42 bits per heavy atom. The summed E-state index contributed by atoms with van der Waals surface area (Å²) in [5.74, 6) is 1.51. The molecule has 0 bridgehead atoms. The molecular weight excluding hydrogens is 244 g/mol. The number of aromatic nitrogens is 2. The highest BCUT2D eigenvalue weighted by Crippen LogP contribution is 2.29. The Hall–Kier alpha value is -0.940. The summed E-state index contributed by atoms with van der Waals surface area (Å²) >= 11 is 0. The van der Waals surface area contributed by atoms with Crippen molar-refractivity contribution in [1.82, 2.24) is 10.1 Å². The quantitative estimate of drug-likeness (QED) is 0.823. The maximum Gasteiger partial charge on any atom is 0.229 e. The summed E-state index contributed by atoms with van der Waals surface area (Å²) in [6, 6.07) is 0. The number of hydrogen-bond donors (Lipinski definition) is 1. The Morgan fingerprint density at radius 3 is 2.79 bits per heavy atom.